The zero-order valence-corrected chi connectivity index (χ0v) is 17.4. The summed E-state index contributed by atoms with van der Waals surface area (Å²) in [5, 5.41) is 12.2. The highest BCUT2D eigenvalue weighted by Gasteiger charge is 2.20. The molecule has 0 aliphatic rings. The summed E-state index contributed by atoms with van der Waals surface area (Å²) in [5.41, 5.74) is -1.53. The molecule has 0 saturated heterocycles. The van der Waals surface area contributed by atoms with Crippen LogP contribution in [0.1, 0.15) is 12.0 Å². The van der Waals surface area contributed by atoms with Crippen LogP contribution in [0.5, 0.6) is 0 Å². The highest BCUT2D eigenvalue weighted by atomic mass is 32.1. The Hall–Kier alpha value is -3.12. The Bertz CT molecular complexity index is 1300. The van der Waals surface area contributed by atoms with Crippen LogP contribution in [0, 0.1) is 17.0 Å². The lowest BCUT2D eigenvalue weighted by atomic mass is 10.1. The predicted octanol–water partition coefficient (Wildman–Crippen LogP) is 2.17. The third-order valence-electron chi connectivity index (χ3n) is 4.23. The van der Waals surface area contributed by atoms with Crippen molar-refractivity contribution in [1.82, 2.24) is 14.1 Å². The zero-order chi connectivity index (χ0) is 22.2. The van der Waals surface area contributed by atoms with Gasteiger partial charge in [-0.1, -0.05) is 0 Å². The number of carbonyl (C=O) groups excluding carboxylic acids is 1. The molecule has 1 aromatic carbocycles. The summed E-state index contributed by atoms with van der Waals surface area (Å²) in [7, 11) is 2.66. The molecular formula is C18H15F2N5O3S2. The van der Waals surface area contributed by atoms with E-state index in [1.807, 2.05) is 0 Å². The van der Waals surface area contributed by atoms with Crippen LogP contribution in [0.2, 0.25) is 0 Å². The minimum absolute atomic E-state index is 0.0239. The van der Waals surface area contributed by atoms with Gasteiger partial charge in [-0.25, -0.2) is 18.6 Å². The maximum absolute atomic E-state index is 13.9. The number of thiazole rings is 1. The van der Waals surface area contributed by atoms with E-state index in [1.54, 1.807) is 0 Å². The van der Waals surface area contributed by atoms with Crippen LogP contribution >= 0.6 is 24.0 Å². The van der Waals surface area contributed by atoms with E-state index >= 15 is 0 Å². The second kappa shape index (κ2) is 8.32. The van der Waals surface area contributed by atoms with Gasteiger partial charge in [0.05, 0.1) is 28.4 Å². The van der Waals surface area contributed by atoms with Crippen LogP contribution < -0.4 is 16.6 Å². The first-order valence-electron chi connectivity index (χ1n) is 8.37. The first kappa shape index (κ1) is 21.6. The van der Waals surface area contributed by atoms with Crippen LogP contribution in [0.4, 0.5) is 13.9 Å². The highest BCUT2D eigenvalue weighted by Crippen LogP contribution is 2.27. The fourth-order valence-corrected chi connectivity index (χ4v) is 3.70. The van der Waals surface area contributed by atoms with Crippen molar-refractivity contribution >= 4 is 40.7 Å². The second-order valence-corrected chi connectivity index (χ2v) is 7.55. The van der Waals surface area contributed by atoms with E-state index in [1.165, 1.54) is 25.5 Å². The molecule has 156 valence electrons. The fraction of sp³-hybridized carbons (Fsp3) is 0.167. The van der Waals surface area contributed by atoms with Crippen molar-refractivity contribution in [3.8, 4) is 11.3 Å². The van der Waals surface area contributed by atoms with Gasteiger partial charge in [0.15, 0.2) is 5.13 Å². The van der Waals surface area contributed by atoms with Crippen LogP contribution in [-0.4, -0.2) is 25.7 Å². The van der Waals surface area contributed by atoms with Crippen LogP contribution in [-0.2, 0) is 18.9 Å². The van der Waals surface area contributed by atoms with E-state index in [0.29, 0.717) is 0 Å². The Kier molecular flexibility index (Phi) is 5.99. The average molecular weight is 451 g/mol. The summed E-state index contributed by atoms with van der Waals surface area (Å²) in [6.07, 6.45) is -0.471. The first-order valence-corrected chi connectivity index (χ1v) is 9.70. The molecule has 0 radical (unpaired) electrons. The monoisotopic (exact) mass is 451 g/mol. The number of halogens is 2. The largest absolute Gasteiger partial charge is 0.331 e. The van der Waals surface area contributed by atoms with Gasteiger partial charge in [-0.15, -0.1) is 24.0 Å². The van der Waals surface area contributed by atoms with E-state index in [0.717, 1.165) is 32.6 Å². The number of carbonyl (C=O) groups is 1. The molecule has 2 N–H and O–H groups in total. The highest BCUT2D eigenvalue weighted by molar-refractivity contribution is 7.80. The molecule has 3 rings (SSSR count). The summed E-state index contributed by atoms with van der Waals surface area (Å²) in [5.74, 6) is -2.14. The molecule has 12 heteroatoms. The first-order chi connectivity index (χ1) is 14.1. The third kappa shape index (κ3) is 4.09. The van der Waals surface area contributed by atoms with Crippen molar-refractivity contribution in [2.45, 2.75) is 11.4 Å². The molecule has 1 amide bonds. The lowest BCUT2D eigenvalue weighted by Gasteiger charge is -2.11. The Morgan fingerprint density at radius 2 is 1.97 bits per heavy atom. The van der Waals surface area contributed by atoms with Gasteiger partial charge in [-0.05, 0) is 12.1 Å². The van der Waals surface area contributed by atoms with Gasteiger partial charge in [0.25, 0.3) is 5.56 Å². The minimum atomic E-state index is -0.785. The van der Waals surface area contributed by atoms with Crippen molar-refractivity contribution in [2.24, 2.45) is 14.1 Å². The van der Waals surface area contributed by atoms with E-state index in [2.05, 4.69) is 22.9 Å². The molecule has 2 heterocycles. The van der Waals surface area contributed by atoms with Crippen molar-refractivity contribution in [3.63, 3.8) is 0 Å². The molecular weight excluding hydrogens is 436 g/mol. The summed E-state index contributed by atoms with van der Waals surface area (Å²) in [6.45, 7) is 0. The Morgan fingerprint density at radius 3 is 2.63 bits per heavy atom. The standard InChI is InChI=1S/C18H15F2N5O3S2/c1-24-15(27)14(16(29)25(2)18(24)28)11(21)6-13(26)23-17-22-12(7-30-17)9-4-3-8(19)5-10(9)20/h3-5,7,21,29H,6H2,1-2H3,(H,22,23,26). The van der Waals surface area contributed by atoms with Gasteiger partial charge in [0.2, 0.25) is 5.91 Å². The number of rotatable bonds is 5. The summed E-state index contributed by atoms with van der Waals surface area (Å²) in [6, 6.07) is 3.07. The van der Waals surface area contributed by atoms with Gasteiger partial charge in [0, 0.05) is 31.1 Å². The molecule has 0 unspecified atom stereocenters. The minimum Gasteiger partial charge on any atom is -0.304 e. The molecule has 8 nitrogen and oxygen atoms in total. The number of nitrogens with one attached hydrogen (secondary N) is 2. The number of nitrogens with zero attached hydrogens (tertiary/aromatic N) is 3. The van der Waals surface area contributed by atoms with E-state index in [9.17, 15) is 23.2 Å². The summed E-state index contributed by atoms with van der Waals surface area (Å²) in [4.78, 5) is 40.6. The number of anilines is 1. The molecule has 3 aromatic rings. The van der Waals surface area contributed by atoms with Gasteiger partial charge in [0.1, 0.15) is 11.6 Å². The molecule has 0 spiro atoms. The van der Waals surface area contributed by atoms with E-state index in [-0.39, 0.29) is 32.7 Å². The number of thiol groups is 1. The number of hydrogen-bond donors (Lipinski definition) is 3. The fourth-order valence-electron chi connectivity index (χ4n) is 2.66. The summed E-state index contributed by atoms with van der Waals surface area (Å²) >= 11 is 5.15. The van der Waals surface area contributed by atoms with Crippen molar-refractivity contribution in [3.05, 3.63) is 61.6 Å². The maximum atomic E-state index is 13.9. The average Bonchev–Trinajstić information content (AvgIpc) is 3.12. The molecule has 0 aliphatic heterocycles. The summed E-state index contributed by atoms with van der Waals surface area (Å²) < 4.78 is 28.8. The van der Waals surface area contributed by atoms with Crippen molar-refractivity contribution in [2.75, 3.05) is 5.32 Å². The molecule has 0 saturated carbocycles. The smallest absolute Gasteiger partial charge is 0.304 e. The number of hydrogen-bond acceptors (Lipinski definition) is 7. The van der Waals surface area contributed by atoms with E-state index < -0.39 is 35.2 Å². The molecule has 0 atom stereocenters. The van der Waals surface area contributed by atoms with Gasteiger partial charge < -0.3 is 10.7 Å². The quantitative estimate of drug-likeness (QED) is 0.314. The lowest BCUT2D eigenvalue weighted by molar-refractivity contribution is -0.115. The predicted molar refractivity (Wildman–Crippen MR) is 112 cm³/mol. The van der Waals surface area contributed by atoms with Gasteiger partial charge in [-0.3, -0.25) is 18.7 Å². The second-order valence-electron chi connectivity index (χ2n) is 6.27. The van der Waals surface area contributed by atoms with Crippen LogP contribution in [0.15, 0.2) is 38.2 Å². The third-order valence-corrected chi connectivity index (χ3v) is 5.51. The van der Waals surface area contributed by atoms with Gasteiger partial charge >= 0.3 is 5.69 Å². The Morgan fingerprint density at radius 1 is 1.27 bits per heavy atom. The van der Waals surface area contributed by atoms with E-state index in [4.69, 9.17) is 5.41 Å². The molecule has 0 aliphatic carbocycles. The van der Waals surface area contributed by atoms with Gasteiger partial charge in [-0.2, -0.15) is 0 Å². The number of amides is 1. The Balaban J connectivity index is 1.77. The van der Waals surface area contributed by atoms with Crippen molar-refractivity contribution < 1.29 is 13.6 Å². The lowest BCUT2D eigenvalue weighted by Crippen LogP contribution is -2.41. The SMILES string of the molecule is Cn1c(S)c(C(=N)CC(=O)Nc2nc(-c3ccc(F)cc3F)cs2)c(=O)n(C)c1=O. The molecule has 2 aromatic heterocycles. The molecule has 30 heavy (non-hydrogen) atoms. The van der Waals surface area contributed by atoms with Crippen LogP contribution in [0.3, 0.4) is 0 Å². The topological polar surface area (TPSA) is 110 Å². The molecule has 0 fully saturated rings. The van der Waals surface area contributed by atoms with Crippen LogP contribution in [0.25, 0.3) is 11.3 Å². The number of aromatic nitrogens is 3. The number of benzene rings is 1. The Labute approximate surface area is 177 Å². The normalized spacial score (nSPS) is 10.8. The van der Waals surface area contributed by atoms with Crippen molar-refractivity contribution in [1.29, 1.82) is 5.41 Å². The molecule has 0 bridgehead atoms. The maximum Gasteiger partial charge on any atom is 0.331 e. The zero-order valence-electron chi connectivity index (χ0n) is 15.7.